The van der Waals surface area contributed by atoms with Crippen LogP contribution in [0.15, 0.2) is 48.9 Å². The lowest BCUT2D eigenvalue weighted by Crippen LogP contribution is -2.33. The van der Waals surface area contributed by atoms with E-state index in [1.165, 1.54) is 22.0 Å². The Balaban J connectivity index is 1.38. The second kappa shape index (κ2) is 12.4. The number of hydrogen-bond donors (Lipinski definition) is 2. The number of nitrogens with one attached hydrogen (secondary N) is 2. The number of amides is 2. The van der Waals surface area contributed by atoms with Crippen molar-refractivity contribution >= 4 is 34.9 Å². The van der Waals surface area contributed by atoms with E-state index in [2.05, 4.69) is 20.7 Å². The van der Waals surface area contributed by atoms with E-state index < -0.39 is 11.7 Å². The molecule has 13 heteroatoms. The molecule has 0 radical (unpaired) electrons. The maximum Gasteiger partial charge on any atom is 0.417 e. The predicted molar refractivity (Wildman–Crippen MR) is 133 cm³/mol. The summed E-state index contributed by atoms with van der Waals surface area (Å²) >= 11 is 5.83. The van der Waals surface area contributed by atoms with Crippen molar-refractivity contribution in [3.8, 4) is 5.75 Å². The number of alkyl halides is 3. The molecule has 2 N–H and O–H groups in total. The van der Waals surface area contributed by atoms with E-state index >= 15 is 0 Å². The molecule has 0 bridgehead atoms. The van der Waals surface area contributed by atoms with Gasteiger partial charge in [0.05, 0.1) is 29.0 Å². The highest BCUT2D eigenvalue weighted by Crippen LogP contribution is 2.32. The number of aromatic nitrogens is 3. The molecule has 2 aromatic heterocycles. The predicted octanol–water partition coefficient (Wildman–Crippen LogP) is 4.24. The Morgan fingerprint density at radius 1 is 1.19 bits per heavy atom. The van der Waals surface area contributed by atoms with Gasteiger partial charge >= 0.3 is 6.18 Å². The molecule has 2 amide bonds. The summed E-state index contributed by atoms with van der Waals surface area (Å²) in [5.74, 6) is 0.223. The van der Waals surface area contributed by atoms with Crippen LogP contribution in [0.25, 0.3) is 0 Å². The first-order chi connectivity index (χ1) is 17.5. The van der Waals surface area contributed by atoms with Crippen molar-refractivity contribution in [3.63, 3.8) is 0 Å². The largest absolute Gasteiger partial charge is 0.492 e. The number of likely N-dealkylation sites (N-methyl/N-ethyl adjacent to an activating group) is 1. The Morgan fingerprint density at radius 2 is 1.92 bits per heavy atom. The van der Waals surface area contributed by atoms with Crippen LogP contribution in [0.1, 0.15) is 17.5 Å². The Labute approximate surface area is 216 Å². The van der Waals surface area contributed by atoms with Gasteiger partial charge in [0.15, 0.2) is 0 Å². The van der Waals surface area contributed by atoms with Gasteiger partial charge in [-0.2, -0.15) is 18.3 Å². The molecule has 3 rings (SSSR count). The SMILES string of the molecule is Cc1ccc(OCCN(C)C(=O)Cn2cc(NC(=O)CCNc3ncc(C(F)(F)F)cc3Cl)cn2)cc1. The fourth-order valence-electron chi connectivity index (χ4n) is 3.07. The van der Waals surface area contributed by atoms with Gasteiger partial charge in [-0.15, -0.1) is 0 Å². The number of hydrogen-bond acceptors (Lipinski definition) is 6. The minimum absolute atomic E-state index is 0.00708. The molecule has 3 aromatic rings. The molecule has 0 spiro atoms. The summed E-state index contributed by atoms with van der Waals surface area (Å²) in [5.41, 5.74) is 0.568. The van der Waals surface area contributed by atoms with E-state index in [-0.39, 0.29) is 42.2 Å². The number of rotatable bonds is 11. The van der Waals surface area contributed by atoms with E-state index in [4.69, 9.17) is 16.3 Å². The van der Waals surface area contributed by atoms with E-state index in [1.54, 1.807) is 7.05 Å². The smallest absolute Gasteiger partial charge is 0.417 e. The second-order valence-corrected chi connectivity index (χ2v) is 8.59. The normalized spacial score (nSPS) is 11.2. The van der Waals surface area contributed by atoms with Gasteiger partial charge in [0.2, 0.25) is 11.8 Å². The lowest BCUT2D eigenvalue weighted by atomic mass is 10.2. The number of aryl methyl sites for hydroxylation is 1. The molecule has 37 heavy (non-hydrogen) atoms. The quantitative estimate of drug-likeness (QED) is 0.379. The van der Waals surface area contributed by atoms with Crippen LogP contribution in [0.3, 0.4) is 0 Å². The van der Waals surface area contributed by atoms with Gasteiger partial charge in [-0.1, -0.05) is 29.3 Å². The van der Waals surface area contributed by atoms with Crippen molar-refractivity contribution in [1.29, 1.82) is 0 Å². The van der Waals surface area contributed by atoms with Crippen LogP contribution in [0.2, 0.25) is 5.02 Å². The Morgan fingerprint density at radius 3 is 2.59 bits per heavy atom. The topological polar surface area (TPSA) is 101 Å². The minimum Gasteiger partial charge on any atom is -0.492 e. The number of halogens is 4. The van der Waals surface area contributed by atoms with Crippen molar-refractivity contribution in [3.05, 3.63) is 65.1 Å². The van der Waals surface area contributed by atoms with Gasteiger partial charge in [0.25, 0.3) is 0 Å². The van der Waals surface area contributed by atoms with Crippen LogP contribution in [-0.4, -0.2) is 58.2 Å². The molecule has 1 aromatic carbocycles. The van der Waals surface area contributed by atoms with Crippen molar-refractivity contribution in [2.75, 3.05) is 37.4 Å². The zero-order valence-corrected chi connectivity index (χ0v) is 20.9. The van der Waals surface area contributed by atoms with Gasteiger partial charge < -0.3 is 20.3 Å². The summed E-state index contributed by atoms with van der Waals surface area (Å²) in [6.07, 6.45) is -0.956. The molecule has 0 atom stereocenters. The van der Waals surface area contributed by atoms with Crippen molar-refractivity contribution in [2.45, 2.75) is 26.1 Å². The summed E-state index contributed by atoms with van der Waals surface area (Å²) in [6, 6.07) is 8.39. The summed E-state index contributed by atoms with van der Waals surface area (Å²) in [7, 11) is 1.66. The van der Waals surface area contributed by atoms with Crippen LogP contribution < -0.4 is 15.4 Å². The molecule has 2 heterocycles. The van der Waals surface area contributed by atoms with Crippen molar-refractivity contribution < 1.29 is 27.5 Å². The maximum absolute atomic E-state index is 12.7. The zero-order chi connectivity index (χ0) is 27.0. The van der Waals surface area contributed by atoms with E-state index in [0.29, 0.717) is 25.0 Å². The minimum atomic E-state index is -4.55. The van der Waals surface area contributed by atoms with Gasteiger partial charge in [0, 0.05) is 32.4 Å². The van der Waals surface area contributed by atoms with Gasteiger partial charge in [-0.3, -0.25) is 14.3 Å². The highest BCUT2D eigenvalue weighted by molar-refractivity contribution is 6.33. The second-order valence-electron chi connectivity index (χ2n) is 8.18. The molecule has 198 valence electrons. The number of pyridine rings is 1. The third-order valence-electron chi connectivity index (χ3n) is 5.17. The molecular weight excluding hydrogens is 513 g/mol. The summed E-state index contributed by atoms with van der Waals surface area (Å²) in [5, 5.41) is 9.25. The van der Waals surface area contributed by atoms with Crippen LogP contribution in [0.5, 0.6) is 5.75 Å². The van der Waals surface area contributed by atoms with Gasteiger partial charge in [-0.25, -0.2) is 4.98 Å². The number of ether oxygens (including phenoxy) is 1. The molecule has 0 unspecified atom stereocenters. The monoisotopic (exact) mass is 538 g/mol. The van der Waals surface area contributed by atoms with Crippen LogP contribution in [0, 0.1) is 6.92 Å². The first-order valence-electron chi connectivity index (χ1n) is 11.2. The van der Waals surface area contributed by atoms with Gasteiger partial charge in [-0.05, 0) is 25.1 Å². The molecular formula is C24H26ClF3N6O3. The maximum atomic E-state index is 12.7. The molecule has 0 fully saturated rings. The lowest BCUT2D eigenvalue weighted by Gasteiger charge is -2.17. The average molecular weight is 539 g/mol. The van der Waals surface area contributed by atoms with Crippen LogP contribution in [0.4, 0.5) is 24.7 Å². The first-order valence-corrected chi connectivity index (χ1v) is 11.6. The fraction of sp³-hybridized carbons (Fsp3) is 0.333. The van der Waals surface area contributed by atoms with Crippen molar-refractivity contribution in [1.82, 2.24) is 19.7 Å². The lowest BCUT2D eigenvalue weighted by molar-refractivity contribution is -0.137. The molecule has 0 aliphatic rings. The van der Waals surface area contributed by atoms with Crippen LogP contribution in [-0.2, 0) is 22.3 Å². The first kappa shape index (κ1) is 27.8. The molecule has 9 nitrogen and oxygen atoms in total. The zero-order valence-electron chi connectivity index (χ0n) is 20.2. The fourth-order valence-corrected chi connectivity index (χ4v) is 3.31. The Bertz CT molecular complexity index is 1220. The Kier molecular flexibility index (Phi) is 9.34. The average Bonchev–Trinajstić information content (AvgIpc) is 3.27. The summed E-state index contributed by atoms with van der Waals surface area (Å²) < 4.78 is 45.1. The molecule has 0 saturated heterocycles. The number of carbonyl (C=O) groups excluding carboxylic acids is 2. The van der Waals surface area contributed by atoms with Gasteiger partial charge in [0.1, 0.15) is 24.7 Å². The molecule has 0 saturated carbocycles. The molecule has 0 aliphatic carbocycles. The Hall–Kier alpha value is -3.80. The number of anilines is 2. The standard InChI is InChI=1S/C24H26ClF3N6O3/c1-16-3-5-19(6-4-16)37-10-9-33(2)22(36)15-34-14-18(13-31-34)32-21(35)7-8-29-23-20(25)11-17(12-30-23)24(26,27)28/h3-6,11-14H,7-10,15H2,1-2H3,(H,29,30)(H,32,35). The molecule has 0 aliphatic heterocycles. The third-order valence-corrected chi connectivity index (χ3v) is 5.46. The van der Waals surface area contributed by atoms with E-state index in [0.717, 1.165) is 17.4 Å². The van der Waals surface area contributed by atoms with Crippen LogP contribution >= 0.6 is 11.6 Å². The number of nitrogens with zero attached hydrogens (tertiary/aromatic N) is 4. The highest BCUT2D eigenvalue weighted by atomic mass is 35.5. The number of benzene rings is 1. The highest BCUT2D eigenvalue weighted by Gasteiger charge is 2.31. The third kappa shape index (κ3) is 8.67. The summed E-state index contributed by atoms with van der Waals surface area (Å²) in [4.78, 5) is 29.8. The summed E-state index contributed by atoms with van der Waals surface area (Å²) in [6.45, 7) is 2.79. The van der Waals surface area contributed by atoms with E-state index in [1.807, 2.05) is 31.2 Å². The van der Waals surface area contributed by atoms with E-state index in [9.17, 15) is 22.8 Å². The van der Waals surface area contributed by atoms with Crippen molar-refractivity contribution in [2.24, 2.45) is 0 Å². The number of carbonyl (C=O) groups is 2.